The van der Waals surface area contributed by atoms with E-state index in [4.69, 9.17) is 41.9 Å². The van der Waals surface area contributed by atoms with Crippen molar-refractivity contribution in [3.63, 3.8) is 0 Å². The molecule has 0 atom stereocenters. The molecular weight excluding hydrogens is 911 g/mol. The molecule has 8 saturated carbocycles. The molecule has 396 valence electrons. The first-order chi connectivity index (χ1) is 32.3. The topological polar surface area (TPSA) is 175 Å². The highest BCUT2D eigenvalue weighted by Crippen LogP contribution is 2.65. The number of nitrogens with two attached hydrogens (primary N) is 4. The fourth-order valence-electron chi connectivity index (χ4n) is 14.0. The van der Waals surface area contributed by atoms with Gasteiger partial charge in [-0.2, -0.15) is 26.3 Å². The smallest absolute Gasteiger partial charge is 0.375 e. The van der Waals surface area contributed by atoms with E-state index in [1.807, 2.05) is 0 Å². The average Bonchev–Trinajstić information content (AvgIpc) is 3.30. The van der Waals surface area contributed by atoms with E-state index in [9.17, 15) is 34.8 Å². The Balaban J connectivity index is 0.000000204. The zero-order chi connectivity index (χ0) is 48.7. The first-order valence-corrected chi connectivity index (χ1v) is 28.9. The van der Waals surface area contributed by atoms with Crippen LogP contribution in [-0.2, 0) is 28.8 Å². The van der Waals surface area contributed by atoms with Crippen molar-refractivity contribution in [2.75, 3.05) is 0 Å². The zero-order valence-electron chi connectivity index (χ0n) is 40.8. The van der Waals surface area contributed by atoms with Crippen molar-refractivity contribution in [2.45, 2.75) is 301 Å². The lowest BCUT2D eigenvalue weighted by Gasteiger charge is -2.51. The largest absolute Gasteiger partial charge is 0.403 e. The lowest BCUT2D eigenvalue weighted by molar-refractivity contribution is -0.383. The molecule has 17 heteroatoms. The van der Waals surface area contributed by atoms with Gasteiger partial charge in [0.25, 0.3) is 0 Å². The van der Waals surface area contributed by atoms with Gasteiger partial charge in [-0.05, 0) is 217 Å². The molecule has 0 bridgehead atoms. The van der Waals surface area contributed by atoms with Gasteiger partial charge in [-0.25, -0.2) is 8.42 Å². The summed E-state index contributed by atoms with van der Waals surface area (Å²) in [6.07, 6.45) is 11.9. The van der Waals surface area contributed by atoms with E-state index in [-0.39, 0.29) is 111 Å². The van der Waals surface area contributed by atoms with Crippen LogP contribution >= 0.6 is 0 Å². The molecular formula is C51H88F6N4O6S. The fraction of sp³-hybridized carbons (Fsp3) is 1.00. The van der Waals surface area contributed by atoms with Crippen LogP contribution in [0.4, 0.5) is 26.3 Å². The maximum absolute atomic E-state index is 14.6. The number of hydrogen-bond donors (Lipinski definition) is 4. The van der Waals surface area contributed by atoms with E-state index in [0.29, 0.717) is 24.3 Å². The molecule has 0 saturated heterocycles. The molecule has 0 radical (unpaired) electrons. The Hall–Kier alpha value is -0.790. The van der Waals surface area contributed by atoms with Gasteiger partial charge in [0, 0.05) is 24.2 Å². The Kier molecular flexibility index (Phi) is 19.8. The number of sulfone groups is 1. The molecule has 0 aromatic carbocycles. The Labute approximate surface area is 403 Å². The number of alkyl halides is 6. The summed E-state index contributed by atoms with van der Waals surface area (Å²) in [5.74, 6) is -2.95. The molecule has 0 heterocycles. The molecule has 0 amide bonds. The third kappa shape index (κ3) is 14.3. The molecule has 10 nitrogen and oxygen atoms in total. The van der Waals surface area contributed by atoms with Crippen LogP contribution in [0.1, 0.15) is 205 Å². The van der Waals surface area contributed by atoms with Crippen molar-refractivity contribution in [1.82, 2.24) is 0 Å². The van der Waals surface area contributed by atoms with Crippen LogP contribution in [0.15, 0.2) is 0 Å². The average molecular weight is 999 g/mol. The summed E-state index contributed by atoms with van der Waals surface area (Å²) in [4.78, 5) is 0. The zero-order valence-corrected chi connectivity index (χ0v) is 41.6. The van der Waals surface area contributed by atoms with Crippen LogP contribution in [0.3, 0.4) is 0 Å². The predicted octanol–water partition coefficient (Wildman–Crippen LogP) is 10.4. The van der Waals surface area contributed by atoms with Crippen LogP contribution in [0.2, 0.25) is 0 Å². The third-order valence-electron chi connectivity index (χ3n) is 18.2. The first kappa shape index (κ1) is 55.0. The van der Waals surface area contributed by atoms with Crippen molar-refractivity contribution in [2.24, 2.45) is 40.2 Å². The highest BCUT2D eigenvalue weighted by Gasteiger charge is 2.76. The molecule has 8 aliphatic carbocycles. The fourth-order valence-corrected chi connectivity index (χ4v) is 16.4. The minimum Gasteiger partial charge on any atom is -0.375 e. The molecule has 8 fully saturated rings. The summed E-state index contributed by atoms with van der Waals surface area (Å²) in [5, 5.41) is -0.344. The van der Waals surface area contributed by atoms with Crippen molar-refractivity contribution in [3.05, 3.63) is 0 Å². The third-order valence-corrected chi connectivity index (χ3v) is 21.0. The van der Waals surface area contributed by atoms with Gasteiger partial charge >= 0.3 is 12.4 Å². The molecule has 0 spiro atoms. The lowest BCUT2D eigenvalue weighted by Crippen LogP contribution is -2.61. The SMILES string of the molecule is NC1CCC(OC2CCC(C(C3CCC(OC4CCC(N)CC4)CC3)(C(F)(F)F)C(F)(F)F)CC2)CC1.NC1CCC(OC2CCC(S(=O)(=O)C3CCC(OC4CCC(N)CC4)CC3)CC2)CC1. The van der Waals surface area contributed by atoms with Gasteiger partial charge < -0.3 is 41.9 Å². The highest BCUT2D eigenvalue weighted by atomic mass is 32.2. The number of halogens is 6. The maximum Gasteiger partial charge on any atom is 0.403 e. The van der Waals surface area contributed by atoms with E-state index < -0.39 is 39.4 Å². The van der Waals surface area contributed by atoms with Crippen LogP contribution in [-0.4, -0.2) is 104 Å². The number of ether oxygens (including phenoxy) is 4. The van der Waals surface area contributed by atoms with Crippen LogP contribution in [0.25, 0.3) is 0 Å². The van der Waals surface area contributed by atoms with E-state index in [1.54, 1.807) is 0 Å². The number of hydrogen-bond acceptors (Lipinski definition) is 10. The summed E-state index contributed by atoms with van der Waals surface area (Å²) < 4.78 is 139. The summed E-state index contributed by atoms with van der Waals surface area (Å²) in [5.41, 5.74) is 20.2. The van der Waals surface area contributed by atoms with Gasteiger partial charge in [0.2, 0.25) is 0 Å². The molecule has 68 heavy (non-hydrogen) atoms. The summed E-state index contributed by atoms with van der Waals surface area (Å²) in [7, 11) is -3.06. The Morgan fingerprint density at radius 2 is 0.471 bits per heavy atom. The predicted molar refractivity (Wildman–Crippen MR) is 252 cm³/mol. The molecule has 8 aliphatic rings. The minimum atomic E-state index is -5.36. The van der Waals surface area contributed by atoms with Gasteiger partial charge in [0.05, 0.1) is 59.3 Å². The van der Waals surface area contributed by atoms with Crippen LogP contribution < -0.4 is 22.9 Å². The molecule has 0 aromatic rings. The van der Waals surface area contributed by atoms with Crippen LogP contribution in [0, 0.1) is 17.3 Å². The molecule has 0 unspecified atom stereocenters. The van der Waals surface area contributed by atoms with Crippen molar-refractivity contribution in [1.29, 1.82) is 0 Å². The van der Waals surface area contributed by atoms with Gasteiger partial charge in [0.1, 0.15) is 0 Å². The molecule has 8 rings (SSSR count). The van der Waals surface area contributed by atoms with E-state index >= 15 is 0 Å². The van der Waals surface area contributed by atoms with E-state index in [1.165, 1.54) is 0 Å². The second kappa shape index (κ2) is 24.5. The summed E-state index contributed by atoms with van der Waals surface area (Å²) >= 11 is 0. The van der Waals surface area contributed by atoms with Crippen molar-refractivity contribution in [3.8, 4) is 0 Å². The standard InChI is InChI=1S/C27H44F6N2O2.C24H44N2O4S/c28-26(29,30)25(27(31,32)33,17-1-9-21(10-2-17)36-23-13-5-19(34)6-14-23)18-3-11-22(12-4-18)37-24-15-7-20(35)8-16-24;25-17-1-5-19(6-2-17)29-21-9-13-23(14-10-21)31(27,28)24-15-11-22(12-16-24)30-20-7-3-18(26)4-8-20/h17-24H,1-16,34-35H2;17-24H,1-16,25-26H2. The van der Waals surface area contributed by atoms with Crippen molar-refractivity contribution < 1.29 is 53.7 Å². The lowest BCUT2D eigenvalue weighted by atomic mass is 9.57. The summed E-state index contributed by atoms with van der Waals surface area (Å²) in [6.45, 7) is 0. The molecule has 0 aromatic heterocycles. The van der Waals surface area contributed by atoms with Crippen LogP contribution in [0.5, 0.6) is 0 Å². The number of rotatable bonds is 12. The second-order valence-electron chi connectivity index (χ2n) is 22.9. The minimum absolute atomic E-state index is 0.00604. The normalized spacial score (nSPS) is 40.7. The van der Waals surface area contributed by atoms with Gasteiger partial charge in [-0.1, -0.05) is 0 Å². The summed E-state index contributed by atoms with van der Waals surface area (Å²) in [6, 6.07) is 0.969. The van der Waals surface area contributed by atoms with Gasteiger partial charge in [0.15, 0.2) is 15.3 Å². The quantitative estimate of drug-likeness (QED) is 0.138. The maximum atomic E-state index is 14.6. The monoisotopic (exact) mass is 999 g/mol. The second-order valence-corrected chi connectivity index (χ2v) is 25.4. The van der Waals surface area contributed by atoms with Gasteiger partial charge in [-0.3, -0.25) is 0 Å². The van der Waals surface area contributed by atoms with Gasteiger partial charge in [-0.15, -0.1) is 0 Å². The molecule has 8 N–H and O–H groups in total. The Morgan fingerprint density at radius 1 is 0.294 bits per heavy atom. The van der Waals surface area contributed by atoms with Crippen molar-refractivity contribution >= 4 is 9.84 Å². The van der Waals surface area contributed by atoms with E-state index in [2.05, 4.69) is 0 Å². The Morgan fingerprint density at radius 3 is 0.662 bits per heavy atom. The highest BCUT2D eigenvalue weighted by molar-refractivity contribution is 7.92. The van der Waals surface area contributed by atoms with E-state index in [0.717, 1.165) is 154 Å². The first-order valence-electron chi connectivity index (χ1n) is 27.3. The molecule has 0 aliphatic heterocycles. The Bertz CT molecular complexity index is 1470.